The van der Waals surface area contributed by atoms with E-state index in [0.717, 1.165) is 38.5 Å². The maximum Gasteiger partial charge on any atom is 0.509 e. The van der Waals surface area contributed by atoms with Crippen LogP contribution in [0.5, 0.6) is 0 Å². The normalized spacial score (nSPS) is 35.8. The van der Waals surface area contributed by atoms with Crippen molar-refractivity contribution in [3.63, 3.8) is 0 Å². The second-order valence-electron chi connectivity index (χ2n) is 8.97. The van der Waals surface area contributed by atoms with Gasteiger partial charge < -0.3 is 14.2 Å². The summed E-state index contributed by atoms with van der Waals surface area (Å²) in [5.74, 6) is 1.57. The zero-order chi connectivity index (χ0) is 20.5. The fourth-order valence-corrected chi connectivity index (χ4v) is 5.61. The van der Waals surface area contributed by atoms with Gasteiger partial charge in [0.05, 0.1) is 6.61 Å². The quantitative estimate of drug-likeness (QED) is 0.617. The lowest BCUT2D eigenvalue weighted by Gasteiger charge is -2.42. The molecule has 2 saturated carbocycles. The topological polar surface area (TPSA) is 78.9 Å². The van der Waals surface area contributed by atoms with Gasteiger partial charge in [-0.25, -0.2) is 9.59 Å². The number of ketones is 1. The van der Waals surface area contributed by atoms with Crippen LogP contribution in [0.25, 0.3) is 0 Å². The Hall–Kier alpha value is -1.85. The lowest BCUT2D eigenvalue weighted by molar-refractivity contribution is -0.152. The molecule has 0 N–H and O–H groups in total. The highest BCUT2D eigenvalue weighted by atomic mass is 16.7. The van der Waals surface area contributed by atoms with Gasteiger partial charge in [-0.05, 0) is 63.2 Å². The van der Waals surface area contributed by atoms with Crippen LogP contribution in [0.3, 0.4) is 0 Å². The largest absolute Gasteiger partial charge is 0.509 e. The number of Topliss-reactive ketones (excluding diaryl/α,β-unsaturated/α-hetero) is 1. The third kappa shape index (κ3) is 3.83. The van der Waals surface area contributed by atoms with Crippen molar-refractivity contribution in [1.29, 1.82) is 0 Å². The van der Waals surface area contributed by atoms with Crippen molar-refractivity contribution in [3.8, 4) is 0 Å². The minimum absolute atomic E-state index is 0.108. The second kappa shape index (κ2) is 7.88. The van der Waals surface area contributed by atoms with E-state index in [9.17, 15) is 14.4 Å². The minimum Gasteiger partial charge on any atom is -0.435 e. The lowest BCUT2D eigenvalue weighted by Crippen LogP contribution is -2.39. The molecule has 1 unspecified atom stereocenters. The average molecular weight is 392 g/mol. The first kappa shape index (κ1) is 20.9. The summed E-state index contributed by atoms with van der Waals surface area (Å²) in [7, 11) is 0. The van der Waals surface area contributed by atoms with Crippen molar-refractivity contribution in [1.82, 2.24) is 0 Å². The van der Waals surface area contributed by atoms with Gasteiger partial charge in [-0.3, -0.25) is 4.79 Å². The molecule has 0 saturated heterocycles. The monoisotopic (exact) mass is 392 g/mol. The van der Waals surface area contributed by atoms with Crippen LogP contribution in [0.2, 0.25) is 0 Å². The van der Waals surface area contributed by atoms with Gasteiger partial charge in [0.2, 0.25) is 5.60 Å². The summed E-state index contributed by atoms with van der Waals surface area (Å²) in [5.41, 5.74) is -1.32. The van der Waals surface area contributed by atoms with E-state index in [-0.39, 0.29) is 17.9 Å². The van der Waals surface area contributed by atoms with Crippen LogP contribution in [0.15, 0.2) is 11.8 Å². The summed E-state index contributed by atoms with van der Waals surface area (Å²) in [4.78, 5) is 36.1. The first-order chi connectivity index (χ1) is 13.2. The highest BCUT2D eigenvalue weighted by Crippen LogP contribution is 2.57. The summed E-state index contributed by atoms with van der Waals surface area (Å²) in [6, 6.07) is 0. The number of cyclic esters (lactones) is 1. The Morgan fingerprint density at radius 3 is 2.79 bits per heavy atom. The predicted molar refractivity (Wildman–Crippen MR) is 102 cm³/mol. The van der Waals surface area contributed by atoms with Gasteiger partial charge in [-0.1, -0.05) is 13.8 Å². The molecule has 0 spiro atoms. The van der Waals surface area contributed by atoms with Crippen molar-refractivity contribution >= 4 is 17.9 Å². The maximum atomic E-state index is 12.3. The Kier molecular flexibility index (Phi) is 5.87. The van der Waals surface area contributed by atoms with Gasteiger partial charge >= 0.3 is 12.1 Å². The summed E-state index contributed by atoms with van der Waals surface area (Å²) < 4.78 is 15.3. The molecule has 0 amide bonds. The van der Waals surface area contributed by atoms with E-state index < -0.39 is 17.7 Å². The second-order valence-corrected chi connectivity index (χ2v) is 8.97. The third-order valence-corrected chi connectivity index (χ3v) is 7.09. The van der Waals surface area contributed by atoms with Crippen molar-refractivity contribution in [2.24, 2.45) is 23.2 Å². The summed E-state index contributed by atoms with van der Waals surface area (Å²) in [6.45, 7) is 7.90. The number of carbonyl (C=O) groups is 3. The van der Waals surface area contributed by atoms with Crippen LogP contribution < -0.4 is 0 Å². The molecule has 3 aliphatic rings. The Balaban J connectivity index is 1.59. The first-order valence-electron chi connectivity index (χ1n) is 10.5. The maximum absolute atomic E-state index is 12.3. The Morgan fingerprint density at radius 1 is 1.32 bits per heavy atom. The highest BCUT2D eigenvalue weighted by molar-refractivity contribution is 5.87. The molecule has 2 fully saturated rings. The smallest absolute Gasteiger partial charge is 0.435 e. The number of fused-ring (bicyclic) bond motifs is 1. The van der Waals surface area contributed by atoms with Crippen LogP contribution in [-0.4, -0.2) is 30.1 Å². The Morgan fingerprint density at radius 2 is 2.07 bits per heavy atom. The predicted octanol–water partition coefficient (Wildman–Crippen LogP) is 4.56. The number of ether oxygens (including phenoxy) is 3. The summed E-state index contributed by atoms with van der Waals surface area (Å²) in [6.07, 6.45) is 7.16. The van der Waals surface area contributed by atoms with E-state index in [1.165, 1.54) is 6.92 Å². The molecular weight excluding hydrogens is 360 g/mol. The molecular formula is C22H32O6. The fourth-order valence-electron chi connectivity index (χ4n) is 5.61. The van der Waals surface area contributed by atoms with E-state index in [0.29, 0.717) is 29.8 Å². The van der Waals surface area contributed by atoms with Crippen molar-refractivity contribution in [2.45, 2.75) is 78.2 Å². The zero-order valence-electron chi connectivity index (χ0n) is 17.4. The van der Waals surface area contributed by atoms with Gasteiger partial charge in [0.15, 0.2) is 0 Å². The number of rotatable bonds is 6. The molecule has 156 valence electrons. The molecule has 1 heterocycles. The molecule has 6 nitrogen and oxygen atoms in total. The lowest BCUT2D eigenvalue weighted by atomic mass is 9.62. The van der Waals surface area contributed by atoms with Gasteiger partial charge in [0.1, 0.15) is 11.5 Å². The molecule has 1 aliphatic heterocycles. The van der Waals surface area contributed by atoms with E-state index in [2.05, 4.69) is 13.8 Å². The molecule has 0 radical (unpaired) electrons. The number of allylic oxidation sites excluding steroid dienone is 1. The minimum atomic E-state index is -1.43. The molecule has 28 heavy (non-hydrogen) atoms. The van der Waals surface area contributed by atoms with Crippen LogP contribution >= 0.6 is 0 Å². The van der Waals surface area contributed by atoms with Gasteiger partial charge in [0.25, 0.3) is 0 Å². The van der Waals surface area contributed by atoms with Gasteiger partial charge in [0, 0.05) is 24.8 Å². The molecule has 0 aromatic carbocycles. The van der Waals surface area contributed by atoms with Crippen LogP contribution in [0, 0.1) is 23.2 Å². The zero-order valence-corrected chi connectivity index (χ0v) is 17.4. The first-order valence-corrected chi connectivity index (χ1v) is 10.5. The molecule has 0 aromatic heterocycles. The Labute approximate surface area is 167 Å². The van der Waals surface area contributed by atoms with E-state index >= 15 is 0 Å². The van der Waals surface area contributed by atoms with E-state index in [1.54, 1.807) is 13.0 Å². The number of esters is 1. The molecule has 5 atom stereocenters. The van der Waals surface area contributed by atoms with Crippen LogP contribution in [-0.2, 0) is 23.8 Å². The number of hydrogen-bond donors (Lipinski definition) is 0. The SMILES string of the molecule is CCOC(=O)O[C@@]1(C)C=C(CC[C@@H](C)[C@H]2CCC3C(=O)CCC[C@]32C)OC1=O. The summed E-state index contributed by atoms with van der Waals surface area (Å²) in [5, 5.41) is 0. The molecule has 0 bridgehead atoms. The van der Waals surface area contributed by atoms with E-state index in [1.807, 2.05) is 0 Å². The van der Waals surface area contributed by atoms with Crippen LogP contribution in [0.4, 0.5) is 4.79 Å². The molecule has 6 heteroatoms. The van der Waals surface area contributed by atoms with Crippen LogP contribution in [0.1, 0.15) is 72.6 Å². The van der Waals surface area contributed by atoms with Crippen molar-refractivity contribution in [2.75, 3.05) is 6.61 Å². The molecule has 2 aliphatic carbocycles. The molecule has 3 rings (SSSR count). The fraction of sp³-hybridized carbons (Fsp3) is 0.773. The average Bonchev–Trinajstić information content (AvgIpc) is 3.10. The summed E-state index contributed by atoms with van der Waals surface area (Å²) >= 11 is 0. The number of hydrogen-bond acceptors (Lipinski definition) is 6. The number of carbonyl (C=O) groups excluding carboxylic acids is 3. The third-order valence-electron chi connectivity index (χ3n) is 7.09. The van der Waals surface area contributed by atoms with Crippen molar-refractivity contribution < 1.29 is 28.6 Å². The standard InChI is InChI=1S/C22H32O6/c1-5-26-20(25)28-22(4)13-15(27-19(22)24)9-8-14(2)16-10-11-17-18(23)7-6-12-21(16,17)3/h13-14,16-17H,5-12H2,1-4H3/t14-,16-,17?,21+,22+/m1/s1. The highest BCUT2D eigenvalue weighted by Gasteiger charge is 2.52. The molecule has 0 aromatic rings. The van der Waals surface area contributed by atoms with E-state index in [4.69, 9.17) is 14.2 Å². The van der Waals surface area contributed by atoms with Crippen molar-refractivity contribution in [3.05, 3.63) is 11.8 Å². The van der Waals surface area contributed by atoms with Gasteiger partial charge in [-0.2, -0.15) is 0 Å². The van der Waals surface area contributed by atoms with Gasteiger partial charge in [-0.15, -0.1) is 0 Å². The Bertz CT molecular complexity index is 683.